The third-order valence-electron chi connectivity index (χ3n) is 4.46. The summed E-state index contributed by atoms with van der Waals surface area (Å²) in [5.74, 6) is -0.266. The zero-order chi connectivity index (χ0) is 19.7. The summed E-state index contributed by atoms with van der Waals surface area (Å²) in [6.45, 7) is 3.12. The summed E-state index contributed by atoms with van der Waals surface area (Å²) < 4.78 is 16.5. The zero-order valence-corrected chi connectivity index (χ0v) is 15.4. The molecule has 0 unspecified atom stereocenters. The molecule has 1 amide bonds. The topological polar surface area (TPSA) is 81.2 Å². The highest BCUT2D eigenvalue weighted by Crippen LogP contribution is 2.20. The van der Waals surface area contributed by atoms with Crippen molar-refractivity contribution in [1.29, 1.82) is 0 Å². The molecule has 28 heavy (non-hydrogen) atoms. The molecule has 0 N–H and O–H groups in total. The van der Waals surface area contributed by atoms with Crippen LogP contribution in [0.4, 0.5) is 4.39 Å². The van der Waals surface area contributed by atoms with Gasteiger partial charge in [0.05, 0.1) is 17.9 Å². The molecule has 0 aliphatic heterocycles. The number of halogens is 1. The summed E-state index contributed by atoms with van der Waals surface area (Å²) in [7, 11) is 1.72. The molecule has 0 aliphatic carbocycles. The Bertz CT molecular complexity index is 1130. The van der Waals surface area contributed by atoms with Crippen LogP contribution in [-0.4, -0.2) is 47.2 Å². The molecule has 8 nitrogen and oxygen atoms in total. The molecule has 3 heterocycles. The van der Waals surface area contributed by atoms with Gasteiger partial charge in [0.25, 0.3) is 11.7 Å². The molecule has 0 bridgehead atoms. The number of aryl methyl sites for hydroxylation is 1. The van der Waals surface area contributed by atoms with Crippen molar-refractivity contribution in [1.82, 2.24) is 34.3 Å². The van der Waals surface area contributed by atoms with Gasteiger partial charge < -0.3 is 4.90 Å². The molecule has 0 radical (unpaired) electrons. The lowest BCUT2D eigenvalue weighted by molar-refractivity contribution is 0.0772. The molecule has 4 rings (SSSR count). The van der Waals surface area contributed by atoms with E-state index in [0.29, 0.717) is 29.3 Å². The summed E-state index contributed by atoms with van der Waals surface area (Å²) in [5.41, 5.74) is 2.47. The SMILES string of the molecule is CCn1nccc1CN(C)C(=O)c1cc(-c2ccc(F)cc2)nc2ncnn12. The monoisotopic (exact) mass is 379 g/mol. The van der Waals surface area contributed by atoms with Gasteiger partial charge in [-0.15, -0.1) is 0 Å². The third-order valence-corrected chi connectivity index (χ3v) is 4.46. The average Bonchev–Trinajstić information content (AvgIpc) is 3.36. The van der Waals surface area contributed by atoms with Gasteiger partial charge in [0.2, 0.25) is 0 Å². The fraction of sp³-hybridized carbons (Fsp3) is 0.211. The van der Waals surface area contributed by atoms with Gasteiger partial charge >= 0.3 is 0 Å². The first-order valence-corrected chi connectivity index (χ1v) is 8.79. The highest BCUT2D eigenvalue weighted by molar-refractivity contribution is 5.93. The molecule has 1 aromatic carbocycles. The maximum atomic E-state index is 13.2. The molecule has 142 valence electrons. The number of benzene rings is 1. The van der Waals surface area contributed by atoms with Gasteiger partial charge in [0.15, 0.2) is 0 Å². The highest BCUT2D eigenvalue weighted by Gasteiger charge is 2.20. The van der Waals surface area contributed by atoms with E-state index in [-0.39, 0.29) is 11.7 Å². The number of hydrogen-bond donors (Lipinski definition) is 0. The molecular formula is C19H18FN7O. The number of aromatic nitrogens is 6. The van der Waals surface area contributed by atoms with Crippen LogP contribution in [0.3, 0.4) is 0 Å². The molecule has 3 aromatic heterocycles. The second-order valence-electron chi connectivity index (χ2n) is 6.30. The molecule has 0 saturated heterocycles. The lowest BCUT2D eigenvalue weighted by Gasteiger charge is -2.18. The number of carbonyl (C=O) groups is 1. The van der Waals surface area contributed by atoms with Gasteiger partial charge in [-0.25, -0.2) is 9.37 Å². The van der Waals surface area contributed by atoms with E-state index in [2.05, 4.69) is 20.2 Å². The van der Waals surface area contributed by atoms with Gasteiger partial charge in [-0.05, 0) is 43.3 Å². The Labute approximate surface area is 160 Å². The number of fused-ring (bicyclic) bond motifs is 1. The average molecular weight is 379 g/mol. The Morgan fingerprint density at radius 1 is 1.18 bits per heavy atom. The van der Waals surface area contributed by atoms with Crippen molar-refractivity contribution in [2.75, 3.05) is 7.05 Å². The first-order chi connectivity index (χ1) is 13.6. The van der Waals surface area contributed by atoms with Gasteiger partial charge in [0, 0.05) is 25.4 Å². The van der Waals surface area contributed by atoms with E-state index in [1.807, 2.05) is 17.7 Å². The van der Waals surface area contributed by atoms with Crippen molar-refractivity contribution in [2.24, 2.45) is 0 Å². The van der Waals surface area contributed by atoms with Crippen LogP contribution in [0.5, 0.6) is 0 Å². The first-order valence-electron chi connectivity index (χ1n) is 8.79. The van der Waals surface area contributed by atoms with Crippen molar-refractivity contribution in [2.45, 2.75) is 20.0 Å². The van der Waals surface area contributed by atoms with Crippen molar-refractivity contribution in [3.63, 3.8) is 0 Å². The molecule has 0 atom stereocenters. The predicted molar refractivity (Wildman–Crippen MR) is 99.9 cm³/mol. The molecule has 9 heteroatoms. The summed E-state index contributed by atoms with van der Waals surface area (Å²) in [4.78, 5) is 23.3. The Balaban J connectivity index is 1.71. The van der Waals surface area contributed by atoms with E-state index in [1.165, 1.54) is 23.0 Å². The van der Waals surface area contributed by atoms with Crippen molar-refractivity contribution in [3.05, 3.63) is 66.1 Å². The largest absolute Gasteiger partial charge is 0.334 e. The summed E-state index contributed by atoms with van der Waals surface area (Å²) in [5, 5.41) is 8.35. The Morgan fingerprint density at radius 3 is 2.71 bits per heavy atom. The standard InChI is InChI=1S/C19H18FN7O/c1-3-26-15(8-9-22-26)11-25(2)18(28)17-10-16(13-4-6-14(20)7-5-13)24-19-21-12-23-27(17)19/h4-10,12H,3,11H2,1-2H3. The lowest BCUT2D eigenvalue weighted by atomic mass is 10.1. The second-order valence-corrected chi connectivity index (χ2v) is 6.30. The van der Waals surface area contributed by atoms with E-state index in [1.54, 1.807) is 36.3 Å². The van der Waals surface area contributed by atoms with Crippen LogP contribution in [0.1, 0.15) is 23.1 Å². The minimum Gasteiger partial charge on any atom is -0.334 e. The molecule has 0 aliphatic rings. The van der Waals surface area contributed by atoms with E-state index in [0.717, 1.165) is 12.2 Å². The summed E-state index contributed by atoms with van der Waals surface area (Å²) in [6.07, 6.45) is 3.06. The van der Waals surface area contributed by atoms with E-state index in [9.17, 15) is 9.18 Å². The second kappa shape index (κ2) is 7.18. The van der Waals surface area contributed by atoms with Crippen molar-refractivity contribution in [3.8, 4) is 11.3 Å². The molecule has 0 fully saturated rings. The zero-order valence-electron chi connectivity index (χ0n) is 15.4. The molecule has 0 saturated carbocycles. The first kappa shape index (κ1) is 17.8. The van der Waals surface area contributed by atoms with Gasteiger partial charge in [-0.3, -0.25) is 9.48 Å². The Hall–Kier alpha value is -3.62. The normalized spacial score (nSPS) is 11.1. The van der Waals surface area contributed by atoms with E-state index < -0.39 is 0 Å². The maximum Gasteiger partial charge on any atom is 0.272 e. The summed E-state index contributed by atoms with van der Waals surface area (Å²) >= 11 is 0. The third kappa shape index (κ3) is 3.22. The predicted octanol–water partition coefficient (Wildman–Crippen LogP) is 2.42. The van der Waals surface area contributed by atoms with Crippen LogP contribution in [-0.2, 0) is 13.1 Å². The highest BCUT2D eigenvalue weighted by atomic mass is 19.1. The number of hydrogen-bond acceptors (Lipinski definition) is 5. The minimum absolute atomic E-state index is 0.231. The van der Waals surface area contributed by atoms with Crippen LogP contribution in [0, 0.1) is 5.82 Å². The maximum absolute atomic E-state index is 13.2. The van der Waals surface area contributed by atoms with E-state index in [4.69, 9.17) is 0 Å². The van der Waals surface area contributed by atoms with E-state index >= 15 is 0 Å². The quantitative estimate of drug-likeness (QED) is 0.532. The van der Waals surface area contributed by atoms with Gasteiger partial charge in [-0.2, -0.15) is 19.7 Å². The molecule has 4 aromatic rings. The molecule has 0 spiro atoms. The number of carbonyl (C=O) groups excluding carboxylic acids is 1. The van der Waals surface area contributed by atoms with Crippen LogP contribution in [0.15, 0.2) is 48.9 Å². The van der Waals surface area contributed by atoms with Crippen LogP contribution >= 0.6 is 0 Å². The number of rotatable bonds is 5. The van der Waals surface area contributed by atoms with Gasteiger partial charge in [-0.1, -0.05) is 0 Å². The van der Waals surface area contributed by atoms with Crippen molar-refractivity contribution >= 4 is 11.7 Å². The van der Waals surface area contributed by atoms with Crippen LogP contribution < -0.4 is 0 Å². The van der Waals surface area contributed by atoms with Crippen LogP contribution in [0.25, 0.3) is 17.0 Å². The smallest absolute Gasteiger partial charge is 0.272 e. The molecular weight excluding hydrogens is 361 g/mol. The minimum atomic E-state index is -0.337. The number of amides is 1. The van der Waals surface area contributed by atoms with Gasteiger partial charge in [0.1, 0.15) is 17.8 Å². The Morgan fingerprint density at radius 2 is 1.96 bits per heavy atom. The fourth-order valence-corrected chi connectivity index (χ4v) is 3.02. The number of nitrogens with zero attached hydrogens (tertiary/aromatic N) is 7. The fourth-order valence-electron chi connectivity index (χ4n) is 3.02. The lowest BCUT2D eigenvalue weighted by Crippen LogP contribution is -2.29. The van der Waals surface area contributed by atoms with Crippen molar-refractivity contribution < 1.29 is 9.18 Å². The summed E-state index contributed by atoms with van der Waals surface area (Å²) in [6, 6.07) is 9.46. The Kier molecular flexibility index (Phi) is 4.56. The van der Waals surface area contributed by atoms with Crippen LogP contribution in [0.2, 0.25) is 0 Å².